The van der Waals surface area contributed by atoms with Gasteiger partial charge in [0.2, 0.25) is 0 Å². The molecule has 31 heavy (non-hydrogen) atoms. The number of halogens is 3. The average molecular weight is 513 g/mol. The fourth-order valence-corrected chi connectivity index (χ4v) is 6.00. The molecule has 2 aliphatic rings. The normalized spacial score (nSPS) is 20.0. The Morgan fingerprint density at radius 2 is 1.84 bits per heavy atom. The zero-order chi connectivity index (χ0) is 22.1. The highest BCUT2D eigenvalue weighted by molar-refractivity contribution is 9.10. The van der Waals surface area contributed by atoms with Gasteiger partial charge in [0, 0.05) is 9.85 Å². The van der Waals surface area contributed by atoms with Gasteiger partial charge in [0.05, 0.1) is 4.88 Å². The van der Waals surface area contributed by atoms with E-state index in [9.17, 15) is 23.6 Å². The predicted octanol–water partition coefficient (Wildman–Crippen LogP) is 5.67. The second kappa shape index (κ2) is 9.34. The molecular weight excluding hydrogens is 490 g/mol. The van der Waals surface area contributed by atoms with Crippen molar-refractivity contribution in [1.82, 2.24) is 9.96 Å². The molecule has 1 atom stereocenters. The minimum absolute atomic E-state index is 0.435. The molecule has 2 heterocycles. The molecule has 0 spiro atoms. The van der Waals surface area contributed by atoms with E-state index in [2.05, 4.69) is 15.9 Å². The molecule has 1 saturated heterocycles. The Bertz CT molecular complexity index is 970. The van der Waals surface area contributed by atoms with E-state index in [1.165, 1.54) is 42.7 Å². The molecule has 166 valence electrons. The summed E-state index contributed by atoms with van der Waals surface area (Å²) >= 11 is 4.51. The van der Waals surface area contributed by atoms with Crippen molar-refractivity contribution in [3.63, 3.8) is 0 Å². The fourth-order valence-electron chi connectivity index (χ4n) is 4.46. The van der Waals surface area contributed by atoms with Crippen molar-refractivity contribution in [3.05, 3.63) is 55.7 Å². The van der Waals surface area contributed by atoms with Gasteiger partial charge in [0.1, 0.15) is 23.7 Å². The lowest BCUT2D eigenvalue weighted by molar-refractivity contribution is -0.168. The summed E-state index contributed by atoms with van der Waals surface area (Å²) in [6.07, 6.45) is 6.29. The van der Waals surface area contributed by atoms with E-state index in [1.807, 2.05) is 0 Å². The van der Waals surface area contributed by atoms with Gasteiger partial charge >= 0.3 is 0 Å². The van der Waals surface area contributed by atoms with E-state index in [-0.39, 0.29) is 0 Å². The second-order valence-electron chi connectivity index (χ2n) is 8.19. The minimum atomic E-state index is -1.12. The summed E-state index contributed by atoms with van der Waals surface area (Å²) in [7, 11) is 0. The summed E-state index contributed by atoms with van der Waals surface area (Å²) in [5.74, 6) is -2.99. The molecule has 0 bridgehead atoms. The molecule has 2 amide bonds. The highest BCUT2D eigenvalue weighted by Gasteiger charge is 2.43. The van der Waals surface area contributed by atoms with Crippen molar-refractivity contribution in [2.45, 2.75) is 51.1 Å². The predicted molar refractivity (Wildman–Crippen MR) is 116 cm³/mol. The highest BCUT2D eigenvalue weighted by atomic mass is 79.9. The van der Waals surface area contributed by atoms with Gasteiger partial charge in [-0.15, -0.1) is 11.3 Å². The van der Waals surface area contributed by atoms with Gasteiger partial charge in [-0.3, -0.25) is 14.8 Å². The first-order valence-electron chi connectivity index (χ1n) is 10.4. The first kappa shape index (κ1) is 22.4. The van der Waals surface area contributed by atoms with Crippen LogP contribution in [0.5, 0.6) is 0 Å². The molecule has 1 aromatic heterocycles. The molecule has 2 fully saturated rings. The number of hydroxylamine groups is 2. The van der Waals surface area contributed by atoms with Crippen molar-refractivity contribution in [2.75, 3.05) is 6.54 Å². The number of thiophene rings is 1. The van der Waals surface area contributed by atoms with Crippen molar-refractivity contribution in [2.24, 2.45) is 5.92 Å². The van der Waals surface area contributed by atoms with Crippen LogP contribution in [0.1, 0.15) is 65.5 Å². The molecule has 1 aromatic carbocycles. The maximum absolute atomic E-state index is 14.9. The van der Waals surface area contributed by atoms with E-state index in [0.717, 1.165) is 24.2 Å². The van der Waals surface area contributed by atoms with Crippen molar-refractivity contribution >= 4 is 39.1 Å². The van der Waals surface area contributed by atoms with Gasteiger partial charge < -0.3 is 4.90 Å². The number of hydrogen-bond donors (Lipinski definition) is 1. The van der Waals surface area contributed by atoms with Crippen LogP contribution in [0.4, 0.5) is 8.78 Å². The maximum Gasteiger partial charge on any atom is 0.268 e. The Labute approximate surface area is 191 Å². The minimum Gasteiger partial charge on any atom is -0.302 e. The topological polar surface area (TPSA) is 60.9 Å². The number of nitrogens with zero attached hydrogens (tertiary/aromatic N) is 2. The number of hydrogen-bond acceptors (Lipinski definition) is 4. The Kier molecular flexibility index (Phi) is 6.74. The summed E-state index contributed by atoms with van der Waals surface area (Å²) in [5, 5.41) is 12.3. The Morgan fingerprint density at radius 1 is 1.16 bits per heavy atom. The SMILES string of the molecule is O=C1CN(C(=O)c2c(F)cc(CCC3CCCCC3)cc2F)C(c2cc(Br)cs2)N1O. The van der Waals surface area contributed by atoms with E-state index >= 15 is 0 Å². The van der Waals surface area contributed by atoms with E-state index in [0.29, 0.717) is 32.3 Å². The third-order valence-corrected chi connectivity index (χ3v) is 7.81. The van der Waals surface area contributed by atoms with Crippen LogP contribution < -0.4 is 0 Å². The summed E-state index contributed by atoms with van der Waals surface area (Å²) in [6, 6.07) is 4.08. The average Bonchev–Trinajstić information content (AvgIpc) is 3.29. The van der Waals surface area contributed by atoms with Gasteiger partial charge in [-0.2, -0.15) is 5.06 Å². The summed E-state index contributed by atoms with van der Waals surface area (Å²) in [5.41, 5.74) is -0.178. The lowest BCUT2D eigenvalue weighted by atomic mass is 9.85. The molecular formula is C22H23BrF2N2O3S. The zero-order valence-corrected chi connectivity index (χ0v) is 19.2. The van der Waals surface area contributed by atoms with Gasteiger partial charge in [-0.25, -0.2) is 8.78 Å². The van der Waals surface area contributed by atoms with Crippen LogP contribution in [0, 0.1) is 17.6 Å². The van der Waals surface area contributed by atoms with E-state index in [4.69, 9.17) is 0 Å². The molecule has 2 aromatic rings. The monoisotopic (exact) mass is 512 g/mol. The molecule has 1 unspecified atom stereocenters. The number of aryl methyl sites for hydroxylation is 1. The summed E-state index contributed by atoms with van der Waals surface area (Å²) in [6.45, 7) is -0.460. The standard InChI is InChI=1S/C22H23BrF2N2O3S/c23-15-10-18(31-12-15)21-26(11-19(28)27(21)30)22(29)20-16(24)8-14(9-17(20)25)7-6-13-4-2-1-3-5-13/h8-10,12-13,21,30H,1-7,11H2. The number of carbonyl (C=O) groups excluding carboxylic acids is 2. The van der Waals surface area contributed by atoms with Crippen LogP contribution >= 0.6 is 27.3 Å². The zero-order valence-electron chi connectivity index (χ0n) is 16.8. The second-order valence-corrected chi connectivity index (χ2v) is 10.0. The molecule has 4 rings (SSSR count). The van der Waals surface area contributed by atoms with Crippen LogP contribution in [0.25, 0.3) is 0 Å². The molecule has 9 heteroatoms. The molecule has 5 nitrogen and oxygen atoms in total. The number of rotatable bonds is 5. The van der Waals surface area contributed by atoms with Crippen LogP contribution in [-0.4, -0.2) is 33.5 Å². The molecule has 1 N–H and O–H groups in total. The Hall–Kier alpha value is -1.84. The fraction of sp³-hybridized carbons (Fsp3) is 0.455. The molecule has 1 aliphatic heterocycles. The largest absolute Gasteiger partial charge is 0.302 e. The summed E-state index contributed by atoms with van der Waals surface area (Å²) < 4.78 is 30.4. The van der Waals surface area contributed by atoms with Gasteiger partial charge in [0.25, 0.3) is 11.8 Å². The first-order valence-corrected chi connectivity index (χ1v) is 12.1. The van der Waals surface area contributed by atoms with Crippen molar-refractivity contribution in [1.29, 1.82) is 0 Å². The maximum atomic E-state index is 14.9. The van der Waals surface area contributed by atoms with Crippen LogP contribution in [0.3, 0.4) is 0 Å². The van der Waals surface area contributed by atoms with Gasteiger partial charge in [0.15, 0.2) is 6.17 Å². The first-order chi connectivity index (χ1) is 14.8. The number of amides is 2. The van der Waals surface area contributed by atoms with Crippen LogP contribution in [0.2, 0.25) is 0 Å². The van der Waals surface area contributed by atoms with Crippen LogP contribution in [-0.2, 0) is 11.2 Å². The number of carbonyl (C=O) groups is 2. The van der Waals surface area contributed by atoms with E-state index in [1.54, 1.807) is 11.4 Å². The van der Waals surface area contributed by atoms with Crippen LogP contribution in [0.15, 0.2) is 28.1 Å². The van der Waals surface area contributed by atoms with Crippen molar-refractivity contribution < 1.29 is 23.6 Å². The summed E-state index contributed by atoms with van der Waals surface area (Å²) in [4.78, 5) is 26.6. The third-order valence-electron chi connectivity index (χ3n) is 6.07. The quantitative estimate of drug-likeness (QED) is 0.524. The van der Waals surface area contributed by atoms with E-state index < -0.39 is 41.7 Å². The molecule has 1 aliphatic carbocycles. The molecule has 0 radical (unpaired) electrons. The van der Waals surface area contributed by atoms with Crippen molar-refractivity contribution in [3.8, 4) is 0 Å². The lowest BCUT2D eigenvalue weighted by Gasteiger charge is -2.25. The smallest absolute Gasteiger partial charge is 0.268 e. The lowest BCUT2D eigenvalue weighted by Crippen LogP contribution is -2.35. The van der Waals surface area contributed by atoms with Gasteiger partial charge in [-0.1, -0.05) is 32.1 Å². The Morgan fingerprint density at radius 3 is 2.45 bits per heavy atom. The van der Waals surface area contributed by atoms with Gasteiger partial charge in [-0.05, 0) is 58.5 Å². The molecule has 1 saturated carbocycles. The number of benzene rings is 1. The Balaban J connectivity index is 1.55. The third kappa shape index (κ3) is 4.68. The highest BCUT2D eigenvalue weighted by Crippen LogP contribution is 2.36.